The molecule has 1 aromatic heterocycles. The van der Waals surface area contributed by atoms with E-state index in [0.717, 1.165) is 42.6 Å². The molecular formula is C20H22N4O3. The van der Waals surface area contributed by atoms with Crippen molar-refractivity contribution in [2.45, 2.75) is 31.7 Å². The monoisotopic (exact) mass is 366 g/mol. The number of carbonyl (C=O) groups excluding carboxylic acids is 2. The zero-order chi connectivity index (χ0) is 18.4. The van der Waals surface area contributed by atoms with Gasteiger partial charge in [0, 0.05) is 37.3 Å². The summed E-state index contributed by atoms with van der Waals surface area (Å²) in [4.78, 5) is 28.8. The molecule has 1 unspecified atom stereocenters. The van der Waals surface area contributed by atoms with E-state index in [9.17, 15) is 9.59 Å². The van der Waals surface area contributed by atoms with Gasteiger partial charge in [0.1, 0.15) is 0 Å². The van der Waals surface area contributed by atoms with E-state index in [0.29, 0.717) is 31.9 Å². The minimum atomic E-state index is -0.257. The third kappa shape index (κ3) is 2.69. The summed E-state index contributed by atoms with van der Waals surface area (Å²) in [5.74, 6) is -0.0126. The van der Waals surface area contributed by atoms with E-state index >= 15 is 0 Å². The number of hydrogen-bond acceptors (Lipinski definition) is 4. The Morgan fingerprint density at radius 1 is 1.15 bits per heavy atom. The number of piperazine rings is 1. The standard InChI is InChI=1S/C20H22N4O3/c25-19(22-10-11-23-15(13-22)9-12-27-20(23)26)18-16-7-4-8-17(16)24(21-18)14-5-2-1-3-6-14/h1-3,5-6,15H,4,7-13H2. The maximum Gasteiger partial charge on any atom is 0.410 e. The number of hydrogen-bond donors (Lipinski definition) is 0. The van der Waals surface area contributed by atoms with Gasteiger partial charge in [0.2, 0.25) is 0 Å². The highest BCUT2D eigenvalue weighted by Gasteiger charge is 2.38. The van der Waals surface area contributed by atoms with Gasteiger partial charge in [-0.3, -0.25) is 4.79 Å². The van der Waals surface area contributed by atoms with Crippen molar-refractivity contribution in [2.24, 2.45) is 0 Å². The minimum Gasteiger partial charge on any atom is -0.449 e. The molecule has 27 heavy (non-hydrogen) atoms. The molecule has 5 rings (SSSR count). The van der Waals surface area contributed by atoms with Crippen molar-refractivity contribution in [3.05, 3.63) is 47.3 Å². The number of benzene rings is 1. The Labute approximate surface area is 157 Å². The lowest BCUT2D eigenvalue weighted by molar-refractivity contribution is 0.00681. The van der Waals surface area contributed by atoms with E-state index in [1.165, 1.54) is 0 Å². The average molecular weight is 366 g/mol. The molecule has 0 N–H and O–H groups in total. The summed E-state index contributed by atoms with van der Waals surface area (Å²) in [6, 6.07) is 10.0. The first-order chi connectivity index (χ1) is 13.2. The quantitative estimate of drug-likeness (QED) is 0.816. The van der Waals surface area contributed by atoms with Gasteiger partial charge < -0.3 is 14.5 Å². The van der Waals surface area contributed by atoms with Crippen LogP contribution < -0.4 is 0 Å². The second-order valence-corrected chi connectivity index (χ2v) is 7.38. The van der Waals surface area contributed by atoms with Gasteiger partial charge in [-0.05, 0) is 31.4 Å². The lowest BCUT2D eigenvalue weighted by Gasteiger charge is -2.42. The van der Waals surface area contributed by atoms with Crippen LogP contribution in [0.1, 0.15) is 34.6 Å². The maximum atomic E-state index is 13.3. The van der Waals surface area contributed by atoms with Gasteiger partial charge >= 0.3 is 6.09 Å². The Bertz CT molecular complexity index is 892. The summed E-state index contributed by atoms with van der Waals surface area (Å²) >= 11 is 0. The number of fused-ring (bicyclic) bond motifs is 2. The first-order valence-corrected chi connectivity index (χ1v) is 9.61. The van der Waals surface area contributed by atoms with Crippen molar-refractivity contribution in [1.29, 1.82) is 0 Å². The first kappa shape index (κ1) is 16.4. The molecule has 140 valence electrons. The van der Waals surface area contributed by atoms with Gasteiger partial charge in [0.25, 0.3) is 5.91 Å². The lowest BCUT2D eigenvalue weighted by atomic mass is 10.1. The highest BCUT2D eigenvalue weighted by Crippen LogP contribution is 2.29. The summed E-state index contributed by atoms with van der Waals surface area (Å²) in [5, 5.41) is 4.72. The molecule has 0 saturated carbocycles. The third-order valence-corrected chi connectivity index (χ3v) is 5.81. The first-order valence-electron chi connectivity index (χ1n) is 9.61. The molecule has 2 saturated heterocycles. The zero-order valence-electron chi connectivity index (χ0n) is 15.1. The summed E-state index contributed by atoms with van der Waals surface area (Å²) < 4.78 is 7.04. The molecule has 0 radical (unpaired) electrons. The smallest absolute Gasteiger partial charge is 0.410 e. The zero-order valence-corrected chi connectivity index (χ0v) is 15.1. The Morgan fingerprint density at radius 2 is 2.00 bits per heavy atom. The molecule has 1 aliphatic carbocycles. The van der Waals surface area contributed by atoms with Crippen molar-refractivity contribution in [1.82, 2.24) is 19.6 Å². The van der Waals surface area contributed by atoms with Crippen LogP contribution in [0.15, 0.2) is 30.3 Å². The Hall–Kier alpha value is -2.83. The van der Waals surface area contributed by atoms with Crippen LogP contribution in [0.25, 0.3) is 5.69 Å². The molecule has 0 bridgehead atoms. The molecule has 7 heteroatoms. The van der Waals surface area contributed by atoms with E-state index < -0.39 is 0 Å². The normalized spacial score (nSPS) is 21.6. The highest BCUT2D eigenvalue weighted by molar-refractivity contribution is 5.94. The fourth-order valence-corrected chi connectivity index (χ4v) is 4.43. The van der Waals surface area contributed by atoms with Crippen LogP contribution in [0, 0.1) is 0 Å². The predicted octanol–water partition coefficient (Wildman–Crippen LogP) is 2.03. The van der Waals surface area contributed by atoms with E-state index in [1.807, 2.05) is 39.9 Å². The van der Waals surface area contributed by atoms with Crippen molar-refractivity contribution in [3.63, 3.8) is 0 Å². The van der Waals surface area contributed by atoms with Gasteiger partial charge in [-0.25, -0.2) is 9.48 Å². The van der Waals surface area contributed by atoms with Gasteiger partial charge in [-0.2, -0.15) is 5.10 Å². The Balaban J connectivity index is 1.44. The number of ether oxygens (including phenoxy) is 1. The average Bonchev–Trinajstić information content (AvgIpc) is 3.31. The van der Waals surface area contributed by atoms with Crippen molar-refractivity contribution < 1.29 is 14.3 Å². The Morgan fingerprint density at radius 3 is 2.85 bits per heavy atom. The molecule has 2 aromatic rings. The summed E-state index contributed by atoms with van der Waals surface area (Å²) in [6.07, 6.45) is 3.42. The molecule has 3 heterocycles. The molecule has 1 aromatic carbocycles. The Kier molecular flexibility index (Phi) is 3.88. The van der Waals surface area contributed by atoms with E-state index in [-0.39, 0.29) is 18.0 Å². The van der Waals surface area contributed by atoms with E-state index in [1.54, 1.807) is 4.90 Å². The molecule has 1 atom stereocenters. The largest absolute Gasteiger partial charge is 0.449 e. The fourth-order valence-electron chi connectivity index (χ4n) is 4.43. The van der Waals surface area contributed by atoms with Crippen LogP contribution in [-0.4, -0.2) is 63.9 Å². The molecule has 2 aliphatic heterocycles. The molecule has 3 aliphatic rings. The van der Waals surface area contributed by atoms with E-state index in [4.69, 9.17) is 9.84 Å². The SMILES string of the molecule is O=C(c1nn(-c2ccccc2)c2c1CCC2)N1CCN2C(=O)OCCC2C1. The second kappa shape index (κ2) is 6.40. The minimum absolute atomic E-state index is 0.0126. The van der Waals surface area contributed by atoms with E-state index in [2.05, 4.69) is 0 Å². The van der Waals surface area contributed by atoms with Gasteiger partial charge in [-0.15, -0.1) is 0 Å². The molecule has 2 amide bonds. The number of para-hydroxylation sites is 1. The third-order valence-electron chi connectivity index (χ3n) is 5.81. The number of aromatic nitrogens is 2. The van der Waals surface area contributed by atoms with Crippen LogP contribution in [0.5, 0.6) is 0 Å². The van der Waals surface area contributed by atoms with Crippen molar-refractivity contribution in [2.75, 3.05) is 26.2 Å². The fraction of sp³-hybridized carbons (Fsp3) is 0.450. The summed E-state index contributed by atoms with van der Waals surface area (Å²) in [5.41, 5.74) is 3.83. The topological polar surface area (TPSA) is 67.7 Å². The number of nitrogens with zero attached hydrogens (tertiary/aromatic N) is 4. The van der Waals surface area contributed by atoms with Crippen LogP contribution in [0.2, 0.25) is 0 Å². The van der Waals surface area contributed by atoms with Crippen molar-refractivity contribution in [3.8, 4) is 5.69 Å². The predicted molar refractivity (Wildman–Crippen MR) is 98.0 cm³/mol. The molecular weight excluding hydrogens is 344 g/mol. The van der Waals surface area contributed by atoms with Crippen LogP contribution >= 0.6 is 0 Å². The number of carbonyl (C=O) groups is 2. The summed E-state index contributed by atoms with van der Waals surface area (Å²) in [6.45, 7) is 2.04. The number of cyclic esters (lactones) is 1. The van der Waals surface area contributed by atoms with Gasteiger partial charge in [0.05, 0.1) is 18.3 Å². The lowest BCUT2D eigenvalue weighted by Crippen LogP contribution is -2.59. The van der Waals surface area contributed by atoms with Crippen LogP contribution in [0.3, 0.4) is 0 Å². The van der Waals surface area contributed by atoms with Crippen molar-refractivity contribution >= 4 is 12.0 Å². The van der Waals surface area contributed by atoms with Gasteiger partial charge in [0.15, 0.2) is 5.69 Å². The molecule has 7 nitrogen and oxygen atoms in total. The highest BCUT2D eigenvalue weighted by atomic mass is 16.6. The molecule has 0 spiro atoms. The maximum absolute atomic E-state index is 13.3. The molecule has 2 fully saturated rings. The second-order valence-electron chi connectivity index (χ2n) is 7.38. The van der Waals surface area contributed by atoms with Gasteiger partial charge in [-0.1, -0.05) is 18.2 Å². The van der Waals surface area contributed by atoms with Crippen LogP contribution in [-0.2, 0) is 17.6 Å². The van der Waals surface area contributed by atoms with Crippen LogP contribution in [0.4, 0.5) is 4.79 Å². The number of amides is 2. The number of rotatable bonds is 2. The summed E-state index contributed by atoms with van der Waals surface area (Å²) in [7, 11) is 0.